The number of nitrogens with zero attached hydrogens (tertiary/aromatic N) is 1. The Morgan fingerprint density at radius 1 is 1.25 bits per heavy atom. The molecule has 104 valence electrons. The van der Waals surface area contributed by atoms with E-state index in [2.05, 4.69) is 11.4 Å². The van der Waals surface area contributed by atoms with Crippen molar-refractivity contribution in [1.29, 1.82) is 0 Å². The van der Waals surface area contributed by atoms with Crippen LogP contribution in [0, 0.1) is 0 Å². The molecule has 2 heterocycles. The fraction of sp³-hybridized carbons (Fsp3) is 0.312. The Hall–Kier alpha value is -1.65. The van der Waals surface area contributed by atoms with Crippen molar-refractivity contribution in [1.82, 2.24) is 4.90 Å². The van der Waals surface area contributed by atoms with Crippen molar-refractivity contribution in [2.45, 2.75) is 24.9 Å². The number of thiophene rings is 1. The van der Waals surface area contributed by atoms with Gasteiger partial charge in [-0.3, -0.25) is 4.79 Å². The van der Waals surface area contributed by atoms with Crippen LogP contribution in [0.15, 0.2) is 47.8 Å². The maximum atomic E-state index is 12.7. The first-order valence-corrected chi connectivity index (χ1v) is 7.80. The fourth-order valence-electron chi connectivity index (χ4n) is 2.79. The van der Waals surface area contributed by atoms with Crippen molar-refractivity contribution in [2.24, 2.45) is 5.73 Å². The molecule has 0 aliphatic carbocycles. The Balaban J connectivity index is 1.79. The second-order valence-corrected chi connectivity index (χ2v) is 6.07. The molecule has 2 N–H and O–H groups in total. The van der Waals surface area contributed by atoms with Crippen LogP contribution in [0.2, 0.25) is 0 Å². The third-order valence-electron chi connectivity index (χ3n) is 3.83. The van der Waals surface area contributed by atoms with E-state index in [9.17, 15) is 4.79 Å². The van der Waals surface area contributed by atoms with Crippen LogP contribution in [0.3, 0.4) is 0 Å². The molecule has 0 bridgehead atoms. The minimum atomic E-state index is -0.559. The zero-order valence-electron chi connectivity index (χ0n) is 11.2. The number of amides is 1. The monoisotopic (exact) mass is 286 g/mol. The summed E-state index contributed by atoms with van der Waals surface area (Å²) in [5, 5.41) is 2.06. The lowest BCUT2D eigenvalue weighted by molar-refractivity contribution is -0.133. The van der Waals surface area contributed by atoms with E-state index in [0.29, 0.717) is 0 Å². The van der Waals surface area contributed by atoms with Gasteiger partial charge in [-0.1, -0.05) is 36.4 Å². The van der Waals surface area contributed by atoms with Gasteiger partial charge < -0.3 is 10.6 Å². The summed E-state index contributed by atoms with van der Waals surface area (Å²) in [4.78, 5) is 15.9. The average Bonchev–Trinajstić information content (AvgIpc) is 3.16. The van der Waals surface area contributed by atoms with Gasteiger partial charge in [0.05, 0.1) is 6.04 Å². The third-order valence-corrected chi connectivity index (χ3v) is 4.81. The summed E-state index contributed by atoms with van der Waals surface area (Å²) in [6.07, 6.45) is 2.09. The van der Waals surface area contributed by atoms with Gasteiger partial charge in [0, 0.05) is 11.4 Å². The topological polar surface area (TPSA) is 46.3 Å². The summed E-state index contributed by atoms with van der Waals surface area (Å²) in [5.41, 5.74) is 7.03. The highest BCUT2D eigenvalue weighted by atomic mass is 32.1. The maximum absolute atomic E-state index is 12.7. The van der Waals surface area contributed by atoms with Crippen LogP contribution >= 0.6 is 11.3 Å². The van der Waals surface area contributed by atoms with E-state index in [-0.39, 0.29) is 11.9 Å². The first kappa shape index (κ1) is 13.3. The lowest BCUT2D eigenvalue weighted by Gasteiger charge is -2.27. The molecule has 1 aliphatic rings. The van der Waals surface area contributed by atoms with Gasteiger partial charge in [-0.15, -0.1) is 11.3 Å². The number of rotatable bonds is 3. The Bertz CT molecular complexity index is 567. The van der Waals surface area contributed by atoms with Crippen LogP contribution < -0.4 is 5.73 Å². The lowest BCUT2D eigenvalue weighted by Crippen LogP contribution is -2.37. The van der Waals surface area contributed by atoms with Crippen LogP contribution in [0.5, 0.6) is 0 Å². The number of nitrogens with two attached hydrogens (primary N) is 1. The highest BCUT2D eigenvalue weighted by Crippen LogP contribution is 2.35. The number of benzene rings is 1. The number of hydrogen-bond donors (Lipinski definition) is 1. The van der Waals surface area contributed by atoms with Gasteiger partial charge in [0.2, 0.25) is 5.91 Å². The number of carbonyl (C=O) groups excluding carboxylic acids is 1. The van der Waals surface area contributed by atoms with E-state index in [1.165, 1.54) is 4.88 Å². The first-order valence-electron chi connectivity index (χ1n) is 6.92. The van der Waals surface area contributed by atoms with E-state index in [1.807, 2.05) is 41.3 Å². The summed E-state index contributed by atoms with van der Waals surface area (Å²) >= 11 is 1.71. The average molecular weight is 286 g/mol. The van der Waals surface area contributed by atoms with Gasteiger partial charge in [0.1, 0.15) is 6.04 Å². The van der Waals surface area contributed by atoms with E-state index in [4.69, 9.17) is 5.73 Å². The molecule has 0 saturated carbocycles. The van der Waals surface area contributed by atoms with Crippen LogP contribution in [-0.2, 0) is 4.79 Å². The van der Waals surface area contributed by atoms with Crippen LogP contribution in [0.25, 0.3) is 0 Å². The van der Waals surface area contributed by atoms with Crippen molar-refractivity contribution in [3.8, 4) is 0 Å². The smallest absolute Gasteiger partial charge is 0.244 e. The van der Waals surface area contributed by atoms with Crippen molar-refractivity contribution in [3.63, 3.8) is 0 Å². The van der Waals surface area contributed by atoms with Crippen LogP contribution in [-0.4, -0.2) is 17.4 Å². The van der Waals surface area contributed by atoms with E-state index in [1.54, 1.807) is 11.3 Å². The Labute approximate surface area is 123 Å². The van der Waals surface area contributed by atoms with Gasteiger partial charge in [-0.05, 0) is 29.9 Å². The molecule has 4 heteroatoms. The van der Waals surface area contributed by atoms with E-state index < -0.39 is 6.04 Å². The minimum Gasteiger partial charge on any atom is -0.333 e. The highest BCUT2D eigenvalue weighted by Gasteiger charge is 2.33. The van der Waals surface area contributed by atoms with Crippen molar-refractivity contribution in [2.75, 3.05) is 6.54 Å². The molecule has 0 radical (unpaired) electrons. The molecule has 0 spiro atoms. The predicted molar refractivity (Wildman–Crippen MR) is 81.4 cm³/mol. The molecular formula is C16H18N2OS. The summed E-state index contributed by atoms with van der Waals surface area (Å²) in [7, 11) is 0. The summed E-state index contributed by atoms with van der Waals surface area (Å²) < 4.78 is 0. The van der Waals surface area contributed by atoms with Gasteiger partial charge >= 0.3 is 0 Å². The number of hydrogen-bond acceptors (Lipinski definition) is 3. The van der Waals surface area contributed by atoms with Crippen LogP contribution in [0.4, 0.5) is 0 Å². The molecule has 20 heavy (non-hydrogen) atoms. The summed E-state index contributed by atoms with van der Waals surface area (Å²) in [6.45, 7) is 0.807. The fourth-order valence-corrected chi connectivity index (χ4v) is 3.66. The molecule has 1 aromatic carbocycles. The van der Waals surface area contributed by atoms with Crippen LogP contribution in [0.1, 0.15) is 35.4 Å². The zero-order valence-corrected chi connectivity index (χ0v) is 12.1. The van der Waals surface area contributed by atoms with Crippen molar-refractivity contribution >= 4 is 17.2 Å². The van der Waals surface area contributed by atoms with Gasteiger partial charge in [0.15, 0.2) is 0 Å². The minimum absolute atomic E-state index is 0.0344. The molecule has 1 amide bonds. The largest absolute Gasteiger partial charge is 0.333 e. The maximum Gasteiger partial charge on any atom is 0.244 e. The second-order valence-electron chi connectivity index (χ2n) is 5.09. The number of likely N-dealkylation sites (tertiary alicyclic amines) is 1. The van der Waals surface area contributed by atoms with Gasteiger partial charge in [-0.25, -0.2) is 0 Å². The van der Waals surface area contributed by atoms with Gasteiger partial charge in [0.25, 0.3) is 0 Å². The summed E-state index contributed by atoms with van der Waals surface area (Å²) in [5.74, 6) is 0.0344. The highest BCUT2D eigenvalue weighted by molar-refractivity contribution is 7.10. The normalized spacial score (nSPS) is 20.1. The van der Waals surface area contributed by atoms with Crippen molar-refractivity contribution < 1.29 is 4.79 Å². The lowest BCUT2D eigenvalue weighted by atomic mass is 10.1. The molecule has 1 saturated heterocycles. The summed E-state index contributed by atoms with van der Waals surface area (Å²) in [6, 6.07) is 13.4. The Kier molecular flexibility index (Phi) is 3.85. The Morgan fingerprint density at radius 2 is 2.05 bits per heavy atom. The predicted octanol–water partition coefficient (Wildman–Crippen LogP) is 3.11. The first-order chi connectivity index (χ1) is 9.77. The van der Waals surface area contributed by atoms with Gasteiger partial charge in [-0.2, -0.15) is 0 Å². The second kappa shape index (κ2) is 5.77. The van der Waals surface area contributed by atoms with E-state index >= 15 is 0 Å². The molecule has 1 unspecified atom stereocenters. The quantitative estimate of drug-likeness (QED) is 0.942. The molecular weight excluding hydrogens is 268 g/mol. The number of carbonyl (C=O) groups is 1. The Morgan fingerprint density at radius 3 is 2.75 bits per heavy atom. The molecule has 2 atom stereocenters. The molecule has 3 nitrogen and oxygen atoms in total. The molecule has 1 aliphatic heterocycles. The van der Waals surface area contributed by atoms with Crippen molar-refractivity contribution in [3.05, 3.63) is 58.3 Å². The molecule has 1 aromatic heterocycles. The molecule has 2 aromatic rings. The van der Waals surface area contributed by atoms with E-state index in [0.717, 1.165) is 24.9 Å². The standard InChI is InChI=1S/C16H18N2OS/c17-15(12-6-2-1-3-7-12)16(19)18-10-4-8-13(18)14-9-5-11-20-14/h1-3,5-7,9,11,13,15H,4,8,10,17H2/t13?,15-/m1/s1. The molecule has 1 fully saturated rings. The molecule has 3 rings (SSSR count). The third kappa shape index (κ3) is 2.49. The zero-order chi connectivity index (χ0) is 13.9. The SMILES string of the molecule is N[C@@H](C(=O)N1CCCC1c1cccs1)c1ccccc1.